The minimum absolute atomic E-state index is 0.0196. The smallest absolute Gasteiger partial charge is 0.242 e. The van der Waals surface area contributed by atoms with E-state index in [1.165, 1.54) is 16.7 Å². The largest absolute Gasteiger partial charge is 0.342 e. The lowest BCUT2D eigenvalue weighted by atomic mass is 10.3. The van der Waals surface area contributed by atoms with Crippen molar-refractivity contribution in [2.24, 2.45) is 0 Å². The number of rotatable bonds is 3. The molecule has 0 saturated carbocycles. The van der Waals surface area contributed by atoms with Gasteiger partial charge in [0.2, 0.25) is 18.2 Å². The zero-order valence-electron chi connectivity index (χ0n) is 9.70. The van der Waals surface area contributed by atoms with E-state index in [0.29, 0.717) is 36.3 Å². The minimum atomic E-state index is -0.112. The molecule has 0 aromatic rings. The van der Waals surface area contributed by atoms with Crippen molar-refractivity contribution in [3.63, 3.8) is 0 Å². The first kappa shape index (κ1) is 13.3. The van der Waals surface area contributed by atoms with Crippen LogP contribution < -0.4 is 0 Å². The summed E-state index contributed by atoms with van der Waals surface area (Å²) >= 11 is 6.31. The van der Waals surface area contributed by atoms with E-state index in [4.69, 9.17) is 12.2 Å². The lowest BCUT2D eigenvalue weighted by molar-refractivity contribution is -0.138. The number of hydrogen-bond donors (Lipinski definition) is 0. The zero-order chi connectivity index (χ0) is 13.1. The summed E-state index contributed by atoms with van der Waals surface area (Å²) in [7, 11) is 0. The summed E-state index contributed by atoms with van der Waals surface area (Å²) in [5, 5.41) is 0. The number of thiocarbonyl (C=S) groups is 1. The van der Waals surface area contributed by atoms with Gasteiger partial charge in [-0.1, -0.05) is 24.0 Å². The van der Waals surface area contributed by atoms with E-state index in [9.17, 15) is 14.4 Å². The van der Waals surface area contributed by atoms with Gasteiger partial charge in [0.15, 0.2) is 0 Å². The molecular formula is C10H13N3O3S2. The number of carbonyl (C=O) groups is 3. The third-order valence-corrected chi connectivity index (χ3v) is 4.38. The summed E-state index contributed by atoms with van der Waals surface area (Å²) in [6, 6.07) is 0. The van der Waals surface area contributed by atoms with Crippen LogP contribution in [-0.2, 0) is 14.4 Å². The van der Waals surface area contributed by atoms with E-state index in [2.05, 4.69) is 0 Å². The highest BCUT2D eigenvalue weighted by atomic mass is 32.2. The lowest BCUT2D eigenvalue weighted by Crippen LogP contribution is -2.51. The van der Waals surface area contributed by atoms with Crippen LogP contribution in [0.5, 0.6) is 0 Å². The molecule has 6 nitrogen and oxygen atoms in total. The number of nitrogens with zero attached hydrogens (tertiary/aromatic N) is 3. The molecule has 3 amide bonds. The SMILES string of the molecule is O=CN1CCN(C(=O)CN2C(=O)CSC2=S)CC1. The van der Waals surface area contributed by atoms with Gasteiger partial charge in [-0.25, -0.2) is 0 Å². The fourth-order valence-electron chi connectivity index (χ4n) is 1.85. The topological polar surface area (TPSA) is 60.9 Å². The van der Waals surface area contributed by atoms with Crippen molar-refractivity contribution in [2.75, 3.05) is 38.5 Å². The molecule has 98 valence electrons. The van der Waals surface area contributed by atoms with Crippen LogP contribution >= 0.6 is 24.0 Å². The van der Waals surface area contributed by atoms with Gasteiger partial charge in [0.25, 0.3) is 0 Å². The van der Waals surface area contributed by atoms with Gasteiger partial charge in [-0.05, 0) is 0 Å². The fraction of sp³-hybridized carbons (Fsp3) is 0.600. The first-order chi connectivity index (χ1) is 8.61. The Morgan fingerprint density at radius 1 is 1.33 bits per heavy atom. The molecule has 0 N–H and O–H groups in total. The van der Waals surface area contributed by atoms with Crippen LogP contribution in [0.4, 0.5) is 0 Å². The molecule has 0 aromatic carbocycles. The molecular weight excluding hydrogens is 274 g/mol. The van der Waals surface area contributed by atoms with Gasteiger partial charge in [-0.15, -0.1) is 0 Å². The Morgan fingerprint density at radius 3 is 2.50 bits per heavy atom. The van der Waals surface area contributed by atoms with Crippen molar-refractivity contribution in [1.82, 2.24) is 14.7 Å². The Kier molecular flexibility index (Phi) is 4.18. The van der Waals surface area contributed by atoms with Gasteiger partial charge in [-0.2, -0.15) is 0 Å². The summed E-state index contributed by atoms with van der Waals surface area (Å²) < 4.78 is 0.472. The van der Waals surface area contributed by atoms with Crippen LogP contribution in [0.2, 0.25) is 0 Å². The second kappa shape index (κ2) is 5.66. The minimum Gasteiger partial charge on any atom is -0.342 e. The molecule has 0 aromatic heterocycles. The monoisotopic (exact) mass is 287 g/mol. The third-order valence-electron chi connectivity index (χ3n) is 2.95. The van der Waals surface area contributed by atoms with E-state index in [-0.39, 0.29) is 18.4 Å². The summed E-state index contributed by atoms with van der Waals surface area (Å²) in [6.45, 7) is 2.13. The molecule has 2 aliphatic heterocycles. The Labute approximate surface area is 114 Å². The molecule has 0 aliphatic carbocycles. The van der Waals surface area contributed by atoms with Crippen LogP contribution in [0.1, 0.15) is 0 Å². The molecule has 0 spiro atoms. The van der Waals surface area contributed by atoms with Crippen molar-refractivity contribution in [3.8, 4) is 0 Å². The van der Waals surface area contributed by atoms with Crippen molar-refractivity contribution < 1.29 is 14.4 Å². The van der Waals surface area contributed by atoms with Crippen molar-refractivity contribution in [2.45, 2.75) is 0 Å². The maximum atomic E-state index is 12.0. The second-order valence-electron chi connectivity index (χ2n) is 4.06. The summed E-state index contributed by atoms with van der Waals surface area (Å²) in [4.78, 5) is 38.7. The van der Waals surface area contributed by atoms with Crippen molar-refractivity contribution in [1.29, 1.82) is 0 Å². The number of amides is 3. The van der Waals surface area contributed by atoms with E-state index in [0.717, 1.165) is 6.41 Å². The number of piperazine rings is 1. The predicted molar refractivity (Wildman–Crippen MR) is 71.0 cm³/mol. The van der Waals surface area contributed by atoms with Gasteiger partial charge in [0, 0.05) is 26.2 Å². The maximum Gasteiger partial charge on any atom is 0.242 e. The van der Waals surface area contributed by atoms with Gasteiger partial charge >= 0.3 is 0 Å². The summed E-state index contributed by atoms with van der Waals surface area (Å²) in [5.41, 5.74) is 0. The summed E-state index contributed by atoms with van der Waals surface area (Å²) in [5.74, 6) is 0.106. The standard InChI is InChI=1S/C10H13N3O3S2/c14-7-11-1-3-12(4-2-11)8(15)5-13-9(16)6-18-10(13)17/h7H,1-6H2. The van der Waals surface area contributed by atoms with Gasteiger partial charge in [-0.3, -0.25) is 19.3 Å². The molecule has 2 aliphatic rings. The molecule has 2 rings (SSSR count). The first-order valence-electron chi connectivity index (χ1n) is 5.56. The molecule has 18 heavy (non-hydrogen) atoms. The molecule has 2 heterocycles. The Hall–Kier alpha value is -1.15. The highest BCUT2D eigenvalue weighted by molar-refractivity contribution is 8.23. The van der Waals surface area contributed by atoms with E-state index in [1.807, 2.05) is 0 Å². The average molecular weight is 287 g/mol. The van der Waals surface area contributed by atoms with Gasteiger partial charge in [0.1, 0.15) is 10.9 Å². The van der Waals surface area contributed by atoms with Crippen LogP contribution in [0.3, 0.4) is 0 Å². The molecule has 2 fully saturated rings. The molecule has 0 radical (unpaired) electrons. The fourth-order valence-corrected chi connectivity index (χ4v) is 2.91. The summed E-state index contributed by atoms with van der Waals surface area (Å²) in [6.07, 6.45) is 0.789. The number of carbonyl (C=O) groups excluding carboxylic acids is 3. The van der Waals surface area contributed by atoms with E-state index < -0.39 is 0 Å². The number of thioether (sulfide) groups is 1. The van der Waals surface area contributed by atoms with Crippen molar-refractivity contribution in [3.05, 3.63) is 0 Å². The van der Waals surface area contributed by atoms with Crippen LogP contribution in [-0.4, -0.2) is 75.7 Å². The molecule has 0 bridgehead atoms. The van der Waals surface area contributed by atoms with Crippen molar-refractivity contribution >= 4 is 46.5 Å². The highest BCUT2D eigenvalue weighted by Gasteiger charge is 2.30. The van der Waals surface area contributed by atoms with Crippen LogP contribution in [0, 0.1) is 0 Å². The molecule has 0 atom stereocenters. The molecule has 8 heteroatoms. The predicted octanol–water partition coefficient (Wildman–Crippen LogP) is -0.853. The quantitative estimate of drug-likeness (QED) is 0.500. The normalized spacial score (nSPS) is 20.6. The Morgan fingerprint density at radius 2 is 2.00 bits per heavy atom. The van der Waals surface area contributed by atoms with Gasteiger partial charge < -0.3 is 9.80 Å². The Bertz CT molecular complexity index is 378. The molecule has 0 unspecified atom stereocenters. The maximum absolute atomic E-state index is 12.0. The van der Waals surface area contributed by atoms with Crippen LogP contribution in [0.15, 0.2) is 0 Å². The lowest BCUT2D eigenvalue weighted by Gasteiger charge is -2.33. The second-order valence-corrected chi connectivity index (χ2v) is 5.67. The van der Waals surface area contributed by atoms with Crippen LogP contribution in [0.25, 0.3) is 0 Å². The van der Waals surface area contributed by atoms with E-state index in [1.54, 1.807) is 9.80 Å². The highest BCUT2D eigenvalue weighted by Crippen LogP contribution is 2.19. The first-order valence-corrected chi connectivity index (χ1v) is 6.95. The van der Waals surface area contributed by atoms with E-state index >= 15 is 0 Å². The number of hydrogen-bond acceptors (Lipinski definition) is 5. The molecule has 2 saturated heterocycles. The van der Waals surface area contributed by atoms with Gasteiger partial charge in [0.05, 0.1) is 5.75 Å². The average Bonchev–Trinajstić information content (AvgIpc) is 2.70. The third kappa shape index (κ3) is 2.81. The Balaban J connectivity index is 1.87. The zero-order valence-corrected chi connectivity index (χ0v) is 11.3.